The average molecular weight is 344 g/mol. The van der Waals surface area contributed by atoms with Crippen molar-refractivity contribution < 1.29 is 9.53 Å². The summed E-state index contributed by atoms with van der Waals surface area (Å²) in [5, 5.41) is 14.1. The maximum Gasteiger partial charge on any atom is 0.261 e. The van der Waals surface area contributed by atoms with Crippen LogP contribution in [0.1, 0.15) is 31.0 Å². The fraction of sp³-hybridized carbons (Fsp3) is 0.182. The number of fused-ring (bicyclic) bond motifs is 1. The summed E-state index contributed by atoms with van der Waals surface area (Å²) < 4.78 is 5.66. The molecule has 0 heterocycles. The second-order valence-corrected chi connectivity index (χ2v) is 6.23. The Hall–Kier alpha value is -3.32. The molecule has 130 valence electrons. The molecule has 1 amide bonds. The van der Waals surface area contributed by atoms with E-state index in [1.54, 1.807) is 31.2 Å². The van der Waals surface area contributed by atoms with Crippen molar-refractivity contribution in [2.75, 3.05) is 0 Å². The molecule has 0 spiro atoms. The summed E-state index contributed by atoms with van der Waals surface area (Å²) in [5.41, 5.74) is 1.60. The van der Waals surface area contributed by atoms with E-state index in [1.807, 2.05) is 25.1 Å². The average Bonchev–Trinajstić information content (AvgIpc) is 2.68. The third-order valence-corrected chi connectivity index (χ3v) is 4.30. The Morgan fingerprint density at radius 1 is 1.00 bits per heavy atom. The SMILES string of the molecule is CC(Oc1ccc(C#N)cc1)C(=O)NC(C)c1ccc2ccccc2c1. The molecule has 3 aromatic rings. The van der Waals surface area contributed by atoms with Crippen molar-refractivity contribution in [1.82, 2.24) is 5.32 Å². The number of hydrogen-bond donors (Lipinski definition) is 1. The fourth-order valence-electron chi connectivity index (χ4n) is 2.76. The van der Waals surface area contributed by atoms with E-state index in [0.717, 1.165) is 10.9 Å². The molecule has 2 atom stereocenters. The van der Waals surface area contributed by atoms with Crippen LogP contribution >= 0.6 is 0 Å². The van der Waals surface area contributed by atoms with E-state index < -0.39 is 6.10 Å². The predicted octanol–water partition coefficient (Wildman–Crippen LogP) is 4.36. The van der Waals surface area contributed by atoms with E-state index in [9.17, 15) is 4.79 Å². The van der Waals surface area contributed by atoms with Crippen LogP contribution in [0.2, 0.25) is 0 Å². The molecular formula is C22H20N2O2. The van der Waals surface area contributed by atoms with E-state index in [0.29, 0.717) is 11.3 Å². The van der Waals surface area contributed by atoms with E-state index in [-0.39, 0.29) is 11.9 Å². The van der Waals surface area contributed by atoms with Crippen molar-refractivity contribution in [3.63, 3.8) is 0 Å². The second-order valence-electron chi connectivity index (χ2n) is 6.23. The van der Waals surface area contributed by atoms with Gasteiger partial charge in [0.05, 0.1) is 17.7 Å². The van der Waals surface area contributed by atoms with Crippen molar-refractivity contribution in [3.05, 3.63) is 77.9 Å². The van der Waals surface area contributed by atoms with Crippen molar-refractivity contribution in [3.8, 4) is 11.8 Å². The van der Waals surface area contributed by atoms with Gasteiger partial charge in [0, 0.05) is 0 Å². The summed E-state index contributed by atoms with van der Waals surface area (Å²) in [4.78, 5) is 12.4. The van der Waals surface area contributed by atoms with Crippen molar-refractivity contribution in [2.24, 2.45) is 0 Å². The number of hydrogen-bond acceptors (Lipinski definition) is 3. The number of carbonyl (C=O) groups excluding carboxylic acids is 1. The Morgan fingerprint density at radius 2 is 1.69 bits per heavy atom. The van der Waals surface area contributed by atoms with Gasteiger partial charge in [0.2, 0.25) is 0 Å². The van der Waals surface area contributed by atoms with Gasteiger partial charge in [0.1, 0.15) is 5.75 Å². The lowest BCUT2D eigenvalue weighted by Crippen LogP contribution is -2.37. The normalized spacial score (nSPS) is 12.8. The van der Waals surface area contributed by atoms with Gasteiger partial charge in [-0.1, -0.05) is 36.4 Å². The number of nitrogens with zero attached hydrogens (tertiary/aromatic N) is 1. The van der Waals surface area contributed by atoms with Gasteiger partial charge < -0.3 is 10.1 Å². The number of benzene rings is 3. The molecule has 3 rings (SSSR count). The second kappa shape index (κ2) is 7.71. The fourth-order valence-corrected chi connectivity index (χ4v) is 2.76. The van der Waals surface area contributed by atoms with Gasteiger partial charge in [-0.15, -0.1) is 0 Å². The zero-order valence-corrected chi connectivity index (χ0v) is 14.8. The molecule has 0 aliphatic rings. The molecule has 0 bridgehead atoms. The Labute approximate surface area is 153 Å². The molecule has 0 aromatic heterocycles. The predicted molar refractivity (Wildman–Crippen MR) is 102 cm³/mol. The summed E-state index contributed by atoms with van der Waals surface area (Å²) >= 11 is 0. The highest BCUT2D eigenvalue weighted by atomic mass is 16.5. The number of amides is 1. The smallest absolute Gasteiger partial charge is 0.261 e. The third kappa shape index (κ3) is 4.01. The summed E-state index contributed by atoms with van der Waals surface area (Å²) in [5.74, 6) is 0.375. The van der Waals surface area contributed by atoms with Crippen molar-refractivity contribution in [1.29, 1.82) is 5.26 Å². The maximum absolute atomic E-state index is 12.4. The first-order valence-corrected chi connectivity index (χ1v) is 8.53. The minimum absolute atomic E-state index is 0.126. The lowest BCUT2D eigenvalue weighted by molar-refractivity contribution is -0.127. The van der Waals surface area contributed by atoms with Crippen LogP contribution in [0.15, 0.2) is 66.7 Å². The van der Waals surface area contributed by atoms with Crippen LogP contribution in [0.5, 0.6) is 5.75 Å². The molecule has 0 radical (unpaired) electrons. The number of carbonyl (C=O) groups is 1. The highest BCUT2D eigenvalue weighted by Gasteiger charge is 2.18. The molecule has 26 heavy (non-hydrogen) atoms. The van der Waals surface area contributed by atoms with Gasteiger partial charge >= 0.3 is 0 Å². The minimum Gasteiger partial charge on any atom is -0.481 e. The Balaban J connectivity index is 1.64. The van der Waals surface area contributed by atoms with Crippen LogP contribution in [-0.4, -0.2) is 12.0 Å². The van der Waals surface area contributed by atoms with Crippen LogP contribution < -0.4 is 10.1 Å². The lowest BCUT2D eigenvalue weighted by Gasteiger charge is -2.19. The molecule has 0 saturated heterocycles. The highest BCUT2D eigenvalue weighted by molar-refractivity contribution is 5.84. The van der Waals surface area contributed by atoms with Crippen LogP contribution in [0, 0.1) is 11.3 Å². The molecule has 0 fully saturated rings. The maximum atomic E-state index is 12.4. The first kappa shape index (κ1) is 17.5. The van der Waals surface area contributed by atoms with Gasteiger partial charge in [-0.2, -0.15) is 5.26 Å². The van der Waals surface area contributed by atoms with Gasteiger partial charge in [-0.3, -0.25) is 4.79 Å². The van der Waals surface area contributed by atoms with Gasteiger partial charge in [0.15, 0.2) is 6.10 Å². The van der Waals surface area contributed by atoms with E-state index >= 15 is 0 Å². The molecule has 4 heteroatoms. The molecule has 4 nitrogen and oxygen atoms in total. The molecule has 0 aliphatic carbocycles. The molecule has 0 aliphatic heterocycles. The quantitative estimate of drug-likeness (QED) is 0.748. The summed E-state index contributed by atoms with van der Waals surface area (Å²) in [6.45, 7) is 3.66. The van der Waals surface area contributed by atoms with Crippen molar-refractivity contribution in [2.45, 2.75) is 26.0 Å². The first-order valence-electron chi connectivity index (χ1n) is 8.53. The van der Waals surface area contributed by atoms with Gasteiger partial charge in [0.25, 0.3) is 5.91 Å². The van der Waals surface area contributed by atoms with Gasteiger partial charge in [-0.05, 0) is 60.5 Å². The molecule has 2 unspecified atom stereocenters. The lowest BCUT2D eigenvalue weighted by atomic mass is 10.0. The Bertz CT molecular complexity index is 958. The van der Waals surface area contributed by atoms with E-state index in [2.05, 4.69) is 35.7 Å². The number of nitrogens with one attached hydrogen (secondary N) is 1. The summed E-state index contributed by atoms with van der Waals surface area (Å²) in [7, 11) is 0. The van der Waals surface area contributed by atoms with Crippen molar-refractivity contribution >= 4 is 16.7 Å². The summed E-state index contributed by atoms with van der Waals surface area (Å²) in [6.07, 6.45) is -0.633. The molecular weight excluding hydrogens is 324 g/mol. The minimum atomic E-state index is -0.633. The number of rotatable bonds is 5. The van der Waals surface area contributed by atoms with E-state index in [4.69, 9.17) is 10.00 Å². The van der Waals surface area contributed by atoms with Crippen LogP contribution in [0.4, 0.5) is 0 Å². The van der Waals surface area contributed by atoms with Gasteiger partial charge in [-0.25, -0.2) is 0 Å². The van der Waals surface area contributed by atoms with Crippen LogP contribution in [0.25, 0.3) is 10.8 Å². The molecule has 3 aromatic carbocycles. The molecule has 1 N–H and O–H groups in total. The zero-order chi connectivity index (χ0) is 18.5. The zero-order valence-electron chi connectivity index (χ0n) is 14.8. The number of ether oxygens (including phenoxy) is 1. The Morgan fingerprint density at radius 3 is 2.38 bits per heavy atom. The number of nitriles is 1. The third-order valence-electron chi connectivity index (χ3n) is 4.30. The highest BCUT2D eigenvalue weighted by Crippen LogP contribution is 2.20. The van der Waals surface area contributed by atoms with Crippen LogP contribution in [-0.2, 0) is 4.79 Å². The largest absolute Gasteiger partial charge is 0.481 e. The molecule has 0 saturated carbocycles. The first-order chi connectivity index (χ1) is 12.6. The van der Waals surface area contributed by atoms with E-state index in [1.165, 1.54) is 5.39 Å². The van der Waals surface area contributed by atoms with Crippen LogP contribution in [0.3, 0.4) is 0 Å². The standard InChI is InChI=1S/C22H20N2O2/c1-15(19-10-9-18-5-3-4-6-20(18)13-19)24-22(25)16(2)26-21-11-7-17(14-23)8-12-21/h3-13,15-16H,1-2H3,(H,24,25). The monoisotopic (exact) mass is 344 g/mol. The summed E-state index contributed by atoms with van der Waals surface area (Å²) in [6, 6.07) is 22.9. The Kier molecular flexibility index (Phi) is 5.19. The topological polar surface area (TPSA) is 62.1 Å².